The van der Waals surface area contributed by atoms with E-state index in [1.165, 1.54) is 0 Å². The summed E-state index contributed by atoms with van der Waals surface area (Å²) in [7, 11) is 0. The fraction of sp³-hybridized carbons (Fsp3) is 0.571. The molecule has 1 atom stereocenters. The quantitative estimate of drug-likeness (QED) is 0.709. The molecule has 2 aliphatic rings. The summed E-state index contributed by atoms with van der Waals surface area (Å²) in [6, 6.07) is 7.87. The molecule has 28 heavy (non-hydrogen) atoms. The third-order valence-corrected chi connectivity index (χ3v) is 6.13. The summed E-state index contributed by atoms with van der Waals surface area (Å²) >= 11 is 1.66. The van der Waals surface area contributed by atoms with Crippen molar-refractivity contribution in [1.29, 1.82) is 0 Å². The SMILES string of the molecule is CSc1ccc(N2C[C@@H](C(=O)N3CCN(C(=O)CC(C)C)CC3)CC2=O)cc1. The fourth-order valence-electron chi connectivity index (χ4n) is 3.80. The van der Waals surface area contributed by atoms with Gasteiger partial charge in [-0.1, -0.05) is 13.8 Å². The van der Waals surface area contributed by atoms with Crippen molar-refractivity contribution in [3.05, 3.63) is 24.3 Å². The number of benzene rings is 1. The molecule has 152 valence electrons. The van der Waals surface area contributed by atoms with Gasteiger partial charge in [-0.3, -0.25) is 14.4 Å². The lowest BCUT2D eigenvalue weighted by Crippen LogP contribution is -2.52. The van der Waals surface area contributed by atoms with E-state index in [9.17, 15) is 14.4 Å². The maximum atomic E-state index is 12.9. The minimum atomic E-state index is -0.300. The van der Waals surface area contributed by atoms with Gasteiger partial charge in [0.05, 0.1) is 5.92 Å². The van der Waals surface area contributed by atoms with Gasteiger partial charge < -0.3 is 14.7 Å². The summed E-state index contributed by atoms with van der Waals surface area (Å²) in [5.74, 6) is 0.241. The zero-order valence-electron chi connectivity index (χ0n) is 16.9. The second kappa shape index (κ2) is 8.99. The molecule has 6 nitrogen and oxygen atoms in total. The Labute approximate surface area is 171 Å². The Bertz CT molecular complexity index is 727. The van der Waals surface area contributed by atoms with Gasteiger partial charge in [-0.2, -0.15) is 0 Å². The maximum Gasteiger partial charge on any atom is 0.228 e. The van der Waals surface area contributed by atoms with E-state index in [1.807, 2.05) is 54.2 Å². The zero-order chi connectivity index (χ0) is 20.3. The van der Waals surface area contributed by atoms with E-state index in [2.05, 4.69) is 0 Å². The highest BCUT2D eigenvalue weighted by Crippen LogP contribution is 2.28. The van der Waals surface area contributed by atoms with Gasteiger partial charge in [0.2, 0.25) is 17.7 Å². The standard InChI is InChI=1S/C21H29N3O3S/c1-15(2)12-19(25)22-8-10-23(11-9-22)21(27)16-13-20(26)24(14-16)17-4-6-18(28-3)7-5-17/h4-7,15-16H,8-14H2,1-3H3/t16-/m0/s1. The van der Waals surface area contributed by atoms with Gasteiger partial charge in [-0.05, 0) is 36.4 Å². The van der Waals surface area contributed by atoms with Crippen molar-refractivity contribution in [2.24, 2.45) is 11.8 Å². The number of nitrogens with zero attached hydrogens (tertiary/aromatic N) is 3. The van der Waals surface area contributed by atoms with Crippen LogP contribution in [0.15, 0.2) is 29.2 Å². The van der Waals surface area contributed by atoms with Gasteiger partial charge in [0.15, 0.2) is 0 Å². The van der Waals surface area contributed by atoms with Gasteiger partial charge >= 0.3 is 0 Å². The predicted octanol–water partition coefficient (Wildman–Crippen LogP) is 2.48. The Kier molecular flexibility index (Phi) is 6.65. The molecule has 3 rings (SSSR count). The van der Waals surface area contributed by atoms with Crippen LogP contribution in [0.25, 0.3) is 0 Å². The van der Waals surface area contributed by atoms with Crippen molar-refractivity contribution in [3.8, 4) is 0 Å². The number of amides is 3. The summed E-state index contributed by atoms with van der Waals surface area (Å²) in [4.78, 5) is 44.1. The highest BCUT2D eigenvalue weighted by Gasteiger charge is 2.38. The van der Waals surface area contributed by atoms with Crippen LogP contribution in [0.2, 0.25) is 0 Å². The monoisotopic (exact) mass is 403 g/mol. The van der Waals surface area contributed by atoms with E-state index in [1.54, 1.807) is 16.7 Å². The van der Waals surface area contributed by atoms with Crippen molar-refractivity contribution >= 4 is 35.2 Å². The summed E-state index contributed by atoms with van der Waals surface area (Å²) in [5.41, 5.74) is 0.849. The molecule has 2 fully saturated rings. The highest BCUT2D eigenvalue weighted by atomic mass is 32.2. The Balaban J connectivity index is 1.55. The third-order valence-electron chi connectivity index (χ3n) is 5.39. The van der Waals surface area contributed by atoms with Gasteiger partial charge in [0.1, 0.15) is 0 Å². The molecule has 0 spiro atoms. The van der Waals surface area contributed by atoms with E-state index in [0.29, 0.717) is 45.1 Å². The zero-order valence-corrected chi connectivity index (χ0v) is 17.7. The molecule has 1 aromatic rings. The van der Waals surface area contributed by atoms with Crippen LogP contribution in [-0.2, 0) is 14.4 Å². The van der Waals surface area contributed by atoms with Gasteiger partial charge in [0.25, 0.3) is 0 Å². The number of hydrogen-bond donors (Lipinski definition) is 0. The van der Waals surface area contributed by atoms with E-state index in [0.717, 1.165) is 10.6 Å². The minimum absolute atomic E-state index is 0.000925. The van der Waals surface area contributed by atoms with Crippen LogP contribution in [0, 0.1) is 11.8 Å². The Morgan fingerprint density at radius 3 is 2.25 bits per heavy atom. The van der Waals surface area contributed by atoms with Gasteiger partial charge in [0, 0.05) is 56.1 Å². The van der Waals surface area contributed by atoms with Crippen molar-refractivity contribution < 1.29 is 14.4 Å². The van der Waals surface area contributed by atoms with Gasteiger partial charge in [-0.25, -0.2) is 0 Å². The Morgan fingerprint density at radius 2 is 1.68 bits per heavy atom. The molecule has 3 amide bonds. The second-order valence-corrected chi connectivity index (χ2v) is 8.79. The number of rotatable bonds is 5. The third kappa shape index (κ3) is 4.69. The fourth-order valence-corrected chi connectivity index (χ4v) is 4.21. The largest absolute Gasteiger partial charge is 0.339 e. The molecule has 1 aromatic carbocycles. The molecule has 0 aliphatic carbocycles. The first-order valence-corrected chi connectivity index (χ1v) is 11.1. The van der Waals surface area contributed by atoms with Crippen LogP contribution >= 0.6 is 11.8 Å². The van der Waals surface area contributed by atoms with E-state index >= 15 is 0 Å². The number of anilines is 1. The van der Waals surface area contributed by atoms with Crippen molar-refractivity contribution in [2.75, 3.05) is 43.9 Å². The normalized spacial score (nSPS) is 20.2. The number of piperazine rings is 1. The van der Waals surface area contributed by atoms with Crippen LogP contribution in [0.5, 0.6) is 0 Å². The lowest BCUT2D eigenvalue weighted by Gasteiger charge is -2.36. The van der Waals surface area contributed by atoms with Crippen LogP contribution in [-0.4, -0.2) is 66.5 Å². The van der Waals surface area contributed by atoms with Gasteiger partial charge in [-0.15, -0.1) is 11.8 Å². The molecule has 2 heterocycles. The molecule has 0 unspecified atom stereocenters. The molecular formula is C21H29N3O3S. The first kappa shape index (κ1) is 20.7. The molecule has 0 bridgehead atoms. The van der Waals surface area contributed by atoms with Crippen molar-refractivity contribution in [3.63, 3.8) is 0 Å². The number of carbonyl (C=O) groups excluding carboxylic acids is 3. The lowest BCUT2D eigenvalue weighted by molar-refractivity contribution is -0.142. The summed E-state index contributed by atoms with van der Waals surface area (Å²) in [6.45, 7) is 6.77. The maximum absolute atomic E-state index is 12.9. The average molecular weight is 404 g/mol. The lowest BCUT2D eigenvalue weighted by atomic mass is 10.1. The molecule has 0 saturated carbocycles. The van der Waals surface area contributed by atoms with Crippen LogP contribution in [0.3, 0.4) is 0 Å². The first-order chi connectivity index (χ1) is 13.4. The smallest absolute Gasteiger partial charge is 0.228 e. The first-order valence-electron chi connectivity index (χ1n) is 9.90. The van der Waals surface area contributed by atoms with E-state index < -0.39 is 0 Å². The second-order valence-electron chi connectivity index (χ2n) is 7.91. The summed E-state index contributed by atoms with van der Waals surface area (Å²) < 4.78 is 0. The van der Waals surface area contributed by atoms with Crippen LogP contribution in [0.1, 0.15) is 26.7 Å². The van der Waals surface area contributed by atoms with Crippen molar-refractivity contribution in [2.45, 2.75) is 31.6 Å². The minimum Gasteiger partial charge on any atom is -0.339 e. The molecule has 0 radical (unpaired) electrons. The molecule has 0 N–H and O–H groups in total. The average Bonchev–Trinajstić information content (AvgIpc) is 3.08. The topological polar surface area (TPSA) is 60.9 Å². The predicted molar refractivity (Wildman–Crippen MR) is 111 cm³/mol. The number of carbonyl (C=O) groups is 3. The molecule has 0 aromatic heterocycles. The number of hydrogen-bond acceptors (Lipinski definition) is 4. The molecule has 7 heteroatoms. The Morgan fingerprint density at radius 1 is 1.07 bits per heavy atom. The molecule has 2 saturated heterocycles. The molecule has 2 aliphatic heterocycles. The molecular weight excluding hydrogens is 374 g/mol. The van der Waals surface area contributed by atoms with Crippen LogP contribution < -0.4 is 4.90 Å². The van der Waals surface area contributed by atoms with Crippen molar-refractivity contribution in [1.82, 2.24) is 9.80 Å². The summed E-state index contributed by atoms with van der Waals surface area (Å²) in [6.07, 6.45) is 2.83. The summed E-state index contributed by atoms with van der Waals surface area (Å²) in [5, 5.41) is 0. The Hall–Kier alpha value is -2.02. The van der Waals surface area contributed by atoms with E-state index in [-0.39, 0.29) is 30.1 Å². The highest BCUT2D eigenvalue weighted by molar-refractivity contribution is 7.98. The van der Waals surface area contributed by atoms with Crippen LogP contribution in [0.4, 0.5) is 5.69 Å². The van der Waals surface area contributed by atoms with E-state index in [4.69, 9.17) is 0 Å². The number of thioether (sulfide) groups is 1.